The molecule has 0 bridgehead atoms. The summed E-state index contributed by atoms with van der Waals surface area (Å²) in [6.45, 7) is 3.05. The van der Waals surface area contributed by atoms with Gasteiger partial charge in [-0.3, -0.25) is 0 Å². The number of methoxy groups -OCH3 is 1. The maximum absolute atomic E-state index is 5.83. The molecule has 2 aliphatic rings. The Morgan fingerprint density at radius 2 is 2.00 bits per heavy atom. The molecule has 110 valence electrons. The fourth-order valence-corrected chi connectivity index (χ4v) is 3.54. The molecule has 2 heterocycles. The van der Waals surface area contributed by atoms with Crippen LogP contribution in [-0.4, -0.2) is 36.8 Å². The smallest absolute Gasteiger partial charge is 0.225 e. The first kappa shape index (κ1) is 14.1. The van der Waals surface area contributed by atoms with Gasteiger partial charge >= 0.3 is 0 Å². The lowest BCUT2D eigenvalue weighted by atomic mass is 9.90. The van der Waals surface area contributed by atoms with Gasteiger partial charge in [-0.15, -0.1) is 0 Å². The Hall–Kier alpha value is -0.870. The second kappa shape index (κ2) is 6.27. The monoisotopic (exact) mass is 295 g/mol. The lowest BCUT2D eigenvalue weighted by molar-refractivity contribution is 0.185. The van der Waals surface area contributed by atoms with Crippen molar-refractivity contribution in [3.05, 3.63) is 17.4 Å². The van der Waals surface area contributed by atoms with Gasteiger partial charge in [0, 0.05) is 26.8 Å². The van der Waals surface area contributed by atoms with E-state index >= 15 is 0 Å². The number of anilines is 1. The first-order valence-electron chi connectivity index (χ1n) is 7.49. The third kappa shape index (κ3) is 3.23. The number of rotatable bonds is 5. The highest BCUT2D eigenvalue weighted by atomic mass is 35.5. The molecule has 0 radical (unpaired) electrons. The Morgan fingerprint density at radius 3 is 2.65 bits per heavy atom. The summed E-state index contributed by atoms with van der Waals surface area (Å²) in [5, 5.41) is 0.600. The Bertz CT molecular complexity index is 431. The van der Waals surface area contributed by atoms with E-state index in [2.05, 4.69) is 14.9 Å². The van der Waals surface area contributed by atoms with Gasteiger partial charge in [-0.25, -0.2) is 9.97 Å². The SMILES string of the molecule is COCCC1C[C@@H]1C1CCN(c2ncc(Cl)cn2)CC1. The molecule has 4 nitrogen and oxygen atoms in total. The van der Waals surface area contributed by atoms with E-state index in [1.165, 1.54) is 25.7 Å². The fourth-order valence-electron chi connectivity index (χ4n) is 3.45. The largest absolute Gasteiger partial charge is 0.385 e. The number of nitrogens with zero attached hydrogens (tertiary/aromatic N) is 3. The van der Waals surface area contributed by atoms with Crippen molar-refractivity contribution in [2.75, 3.05) is 31.7 Å². The van der Waals surface area contributed by atoms with Gasteiger partial charge in [0.05, 0.1) is 17.4 Å². The summed E-state index contributed by atoms with van der Waals surface area (Å²) >= 11 is 5.83. The number of piperidine rings is 1. The van der Waals surface area contributed by atoms with Gasteiger partial charge in [0.25, 0.3) is 0 Å². The molecule has 0 N–H and O–H groups in total. The third-order valence-corrected chi connectivity index (χ3v) is 4.90. The molecule has 1 aliphatic heterocycles. The van der Waals surface area contributed by atoms with Crippen molar-refractivity contribution >= 4 is 17.5 Å². The molecule has 0 aromatic carbocycles. The van der Waals surface area contributed by atoms with Crippen molar-refractivity contribution < 1.29 is 4.74 Å². The first-order chi connectivity index (χ1) is 9.78. The fraction of sp³-hybridized carbons (Fsp3) is 0.733. The van der Waals surface area contributed by atoms with Crippen molar-refractivity contribution in [3.63, 3.8) is 0 Å². The molecule has 20 heavy (non-hydrogen) atoms. The van der Waals surface area contributed by atoms with Gasteiger partial charge in [-0.2, -0.15) is 0 Å². The quantitative estimate of drug-likeness (QED) is 0.837. The maximum atomic E-state index is 5.83. The lowest BCUT2D eigenvalue weighted by Crippen LogP contribution is -2.35. The molecule has 2 fully saturated rings. The summed E-state index contributed by atoms with van der Waals surface area (Å²) in [5.74, 6) is 3.57. The van der Waals surface area contributed by atoms with E-state index in [0.717, 1.165) is 43.4 Å². The Kier molecular flexibility index (Phi) is 4.41. The van der Waals surface area contributed by atoms with E-state index in [1.807, 2.05) is 0 Å². The van der Waals surface area contributed by atoms with Crippen LogP contribution in [0.1, 0.15) is 25.7 Å². The van der Waals surface area contributed by atoms with Gasteiger partial charge < -0.3 is 9.64 Å². The van der Waals surface area contributed by atoms with Gasteiger partial charge in [0.1, 0.15) is 0 Å². The van der Waals surface area contributed by atoms with E-state index in [-0.39, 0.29) is 0 Å². The molecule has 1 saturated carbocycles. The number of halogens is 1. The second-order valence-corrected chi connectivity index (χ2v) is 6.40. The molecule has 1 unspecified atom stereocenters. The van der Waals surface area contributed by atoms with Crippen molar-refractivity contribution in [3.8, 4) is 0 Å². The summed E-state index contributed by atoms with van der Waals surface area (Å²) < 4.78 is 5.18. The Balaban J connectivity index is 1.47. The first-order valence-corrected chi connectivity index (χ1v) is 7.87. The van der Waals surface area contributed by atoms with Crippen molar-refractivity contribution in [1.82, 2.24) is 9.97 Å². The predicted molar refractivity (Wildman–Crippen MR) is 80.1 cm³/mol. The molecule has 1 aliphatic carbocycles. The van der Waals surface area contributed by atoms with E-state index < -0.39 is 0 Å². The average molecular weight is 296 g/mol. The topological polar surface area (TPSA) is 38.2 Å². The van der Waals surface area contributed by atoms with E-state index in [9.17, 15) is 0 Å². The van der Waals surface area contributed by atoms with Crippen LogP contribution in [0, 0.1) is 17.8 Å². The van der Waals surface area contributed by atoms with Crippen LogP contribution in [0.15, 0.2) is 12.4 Å². The van der Waals surface area contributed by atoms with Crippen molar-refractivity contribution in [2.24, 2.45) is 17.8 Å². The van der Waals surface area contributed by atoms with Gasteiger partial charge in [-0.05, 0) is 43.4 Å². The Labute approximate surface area is 125 Å². The molecule has 1 aromatic heterocycles. The number of aromatic nitrogens is 2. The highest BCUT2D eigenvalue weighted by molar-refractivity contribution is 6.30. The molecule has 0 spiro atoms. The minimum absolute atomic E-state index is 0.600. The number of hydrogen-bond donors (Lipinski definition) is 0. The van der Waals surface area contributed by atoms with Crippen LogP contribution < -0.4 is 4.90 Å². The predicted octanol–water partition coefficient (Wildman–Crippen LogP) is 3.02. The van der Waals surface area contributed by atoms with Crippen LogP contribution in [0.3, 0.4) is 0 Å². The second-order valence-electron chi connectivity index (χ2n) is 5.97. The molecule has 5 heteroatoms. The summed E-state index contributed by atoms with van der Waals surface area (Å²) in [6.07, 6.45) is 8.53. The van der Waals surface area contributed by atoms with Crippen LogP contribution in [-0.2, 0) is 4.74 Å². The van der Waals surface area contributed by atoms with Crippen LogP contribution in [0.25, 0.3) is 0 Å². The molecular weight excluding hydrogens is 274 g/mol. The van der Waals surface area contributed by atoms with E-state index in [0.29, 0.717) is 5.02 Å². The maximum Gasteiger partial charge on any atom is 0.225 e. The molecule has 3 rings (SSSR count). The van der Waals surface area contributed by atoms with E-state index in [4.69, 9.17) is 16.3 Å². The summed E-state index contributed by atoms with van der Waals surface area (Å²) in [7, 11) is 1.79. The normalized spacial score (nSPS) is 26.8. The van der Waals surface area contributed by atoms with Crippen molar-refractivity contribution in [2.45, 2.75) is 25.7 Å². The zero-order chi connectivity index (χ0) is 13.9. The zero-order valence-electron chi connectivity index (χ0n) is 12.0. The van der Waals surface area contributed by atoms with Gasteiger partial charge in [0.15, 0.2) is 0 Å². The van der Waals surface area contributed by atoms with Crippen LogP contribution in [0.4, 0.5) is 5.95 Å². The summed E-state index contributed by atoms with van der Waals surface area (Å²) in [6, 6.07) is 0. The van der Waals surface area contributed by atoms with Crippen molar-refractivity contribution in [1.29, 1.82) is 0 Å². The highest BCUT2D eigenvalue weighted by Crippen LogP contribution is 2.49. The molecule has 1 saturated heterocycles. The molecule has 2 atom stereocenters. The molecule has 0 amide bonds. The van der Waals surface area contributed by atoms with Gasteiger partial charge in [-0.1, -0.05) is 11.6 Å². The molecule has 1 aromatic rings. The Morgan fingerprint density at radius 1 is 1.30 bits per heavy atom. The number of hydrogen-bond acceptors (Lipinski definition) is 4. The highest BCUT2D eigenvalue weighted by Gasteiger charge is 2.43. The van der Waals surface area contributed by atoms with Gasteiger partial charge in [0.2, 0.25) is 5.95 Å². The van der Waals surface area contributed by atoms with Crippen LogP contribution >= 0.6 is 11.6 Å². The van der Waals surface area contributed by atoms with Crippen LogP contribution in [0.5, 0.6) is 0 Å². The average Bonchev–Trinajstić information content (AvgIpc) is 3.26. The standard InChI is InChI=1S/C15H22ClN3O/c1-20-7-4-12-8-14(12)11-2-5-19(6-3-11)15-17-9-13(16)10-18-15/h9-12,14H,2-8H2,1H3/t12?,14-/m1/s1. The third-order valence-electron chi connectivity index (χ3n) is 4.70. The summed E-state index contributed by atoms with van der Waals surface area (Å²) in [4.78, 5) is 10.9. The lowest BCUT2D eigenvalue weighted by Gasteiger charge is -2.32. The van der Waals surface area contributed by atoms with E-state index in [1.54, 1.807) is 19.5 Å². The minimum Gasteiger partial charge on any atom is -0.385 e. The van der Waals surface area contributed by atoms with Crippen LogP contribution in [0.2, 0.25) is 5.02 Å². The zero-order valence-corrected chi connectivity index (χ0v) is 12.7. The number of ether oxygens (including phenoxy) is 1. The summed E-state index contributed by atoms with van der Waals surface area (Å²) in [5.41, 5.74) is 0. The molecular formula is C15H22ClN3O. The minimum atomic E-state index is 0.600.